The predicted molar refractivity (Wildman–Crippen MR) is 277 cm³/mol. The van der Waals surface area contributed by atoms with Crippen molar-refractivity contribution in [3.05, 3.63) is 115 Å². The Hall–Kier alpha value is -6.82. The van der Waals surface area contributed by atoms with Crippen molar-refractivity contribution in [2.45, 2.75) is 90.9 Å². The zero-order chi connectivity index (χ0) is 57.3. The van der Waals surface area contributed by atoms with Crippen LogP contribution >= 0.6 is 23.2 Å². The van der Waals surface area contributed by atoms with Crippen molar-refractivity contribution in [2.75, 3.05) is 67.0 Å². The summed E-state index contributed by atoms with van der Waals surface area (Å²) in [6, 6.07) is 14.1. The van der Waals surface area contributed by atoms with E-state index in [1.807, 2.05) is 0 Å². The van der Waals surface area contributed by atoms with Gasteiger partial charge in [-0.1, -0.05) is 59.6 Å². The van der Waals surface area contributed by atoms with E-state index in [4.69, 9.17) is 77.8 Å². The molecule has 24 heteroatoms. The first-order chi connectivity index (χ1) is 36.2. The number of esters is 4. The van der Waals surface area contributed by atoms with Gasteiger partial charge in [0.15, 0.2) is 0 Å². The maximum Gasteiger partial charge on any atom is 0.336 e. The quantitative estimate of drug-likeness (QED) is 0.0339. The number of aliphatic carboxylic acids is 4. The third kappa shape index (κ3) is 23.0. The van der Waals surface area contributed by atoms with Gasteiger partial charge in [-0.25, -0.2) is 19.2 Å². The number of nitrogens with one attached hydrogen (secondary N) is 2. The molecule has 0 bridgehead atoms. The van der Waals surface area contributed by atoms with Gasteiger partial charge in [0, 0.05) is 53.7 Å². The molecule has 2 aliphatic rings. The monoisotopic (exact) mass is 1110 g/mol. The van der Waals surface area contributed by atoms with Crippen LogP contribution in [0.1, 0.15) is 102 Å². The van der Waals surface area contributed by atoms with Gasteiger partial charge >= 0.3 is 47.8 Å². The summed E-state index contributed by atoms with van der Waals surface area (Å²) >= 11 is 12.9. The maximum atomic E-state index is 12.9. The van der Waals surface area contributed by atoms with Crippen molar-refractivity contribution in [1.82, 2.24) is 10.6 Å². The average molecular weight is 1110 g/mol. The average Bonchev–Trinajstić information content (AvgIpc) is 3.36. The largest absolute Gasteiger partial charge is 0.481 e. The fourth-order valence-electron chi connectivity index (χ4n) is 7.36. The van der Waals surface area contributed by atoms with E-state index in [2.05, 4.69) is 16.4 Å². The molecule has 0 saturated heterocycles. The van der Waals surface area contributed by atoms with Gasteiger partial charge in [-0.3, -0.25) is 19.2 Å². The molecule has 0 amide bonds. The normalized spacial score (nSPS) is 14.7. The SMILES string of the molecule is CCOC(=O)C1=C(COCCN)NC(C)=C(C(=O)OC)[C@@H]1c1ccccc1Cl.CCOC(=O)C1=C(COCC[NH3+])NC(C)=C(C(=O)OC)[C@@H]1c1ccccc1Cl.O=C(O)CCCCC(=O)O.O=C(O)CCCCC(=O)O. The molecule has 0 fully saturated rings. The summed E-state index contributed by atoms with van der Waals surface area (Å²) in [6.45, 7) is 9.26. The third-order valence-electron chi connectivity index (χ3n) is 10.6. The molecule has 0 aromatic heterocycles. The van der Waals surface area contributed by atoms with Gasteiger partial charge in [0.1, 0.15) is 0 Å². The van der Waals surface area contributed by atoms with Gasteiger partial charge in [-0.15, -0.1) is 0 Å². The number of benzene rings is 2. The Morgan fingerprint density at radius 3 is 1.16 bits per heavy atom. The molecule has 4 rings (SSSR count). The van der Waals surface area contributed by atoms with Crippen molar-refractivity contribution in [2.24, 2.45) is 5.73 Å². The summed E-state index contributed by atoms with van der Waals surface area (Å²) in [5.41, 5.74) is 13.7. The molecule has 2 aliphatic heterocycles. The molecule has 0 unspecified atom stereocenters. The minimum absolute atomic E-state index is 0.0628. The number of ether oxygens (including phenoxy) is 6. The second kappa shape index (κ2) is 37.0. The number of unbranched alkanes of at least 4 members (excludes halogenated alkanes) is 2. The number of carboxylic acid groups (broad SMARTS) is 4. The fourth-order valence-corrected chi connectivity index (χ4v) is 7.85. The number of halogens is 2. The van der Waals surface area contributed by atoms with Crippen LogP contribution in [-0.2, 0) is 66.8 Å². The first-order valence-electron chi connectivity index (χ1n) is 24.1. The number of allylic oxidation sites excluding steroid dienone is 2. The molecular formula is C52H71Cl2N4O18+. The van der Waals surface area contributed by atoms with Crippen LogP contribution in [0.4, 0.5) is 0 Å². The summed E-state index contributed by atoms with van der Waals surface area (Å²) in [6.07, 6.45) is 2.04. The van der Waals surface area contributed by atoms with Crippen molar-refractivity contribution in [3.8, 4) is 0 Å². The highest BCUT2D eigenvalue weighted by Crippen LogP contribution is 2.43. The van der Waals surface area contributed by atoms with Crippen LogP contribution in [0, 0.1) is 0 Å². The second-order valence-corrected chi connectivity index (χ2v) is 17.0. The van der Waals surface area contributed by atoms with Crippen LogP contribution in [0.2, 0.25) is 10.0 Å². The Morgan fingerprint density at radius 1 is 0.553 bits per heavy atom. The van der Waals surface area contributed by atoms with Gasteiger partial charge in [0.05, 0.1) is 106 Å². The molecule has 76 heavy (non-hydrogen) atoms. The van der Waals surface area contributed by atoms with Gasteiger partial charge in [0.25, 0.3) is 0 Å². The Bertz CT molecular complexity index is 2240. The molecule has 2 atom stereocenters. The Labute approximate surface area is 451 Å². The van der Waals surface area contributed by atoms with Crippen LogP contribution in [0.5, 0.6) is 0 Å². The first-order valence-corrected chi connectivity index (χ1v) is 24.9. The van der Waals surface area contributed by atoms with E-state index in [9.17, 15) is 38.4 Å². The number of dihydropyridines is 2. The summed E-state index contributed by atoms with van der Waals surface area (Å²) in [5.74, 6) is -7.17. The highest BCUT2D eigenvalue weighted by molar-refractivity contribution is 6.32. The van der Waals surface area contributed by atoms with E-state index in [-0.39, 0.29) is 63.3 Å². The van der Waals surface area contributed by atoms with Crippen LogP contribution in [0.25, 0.3) is 0 Å². The molecule has 0 spiro atoms. The highest BCUT2D eigenvalue weighted by Gasteiger charge is 2.41. The van der Waals surface area contributed by atoms with Crippen LogP contribution < -0.4 is 22.1 Å². The summed E-state index contributed by atoms with van der Waals surface area (Å²) in [7, 11) is 2.59. The lowest BCUT2D eigenvalue weighted by molar-refractivity contribution is -0.373. The number of rotatable bonds is 26. The number of quaternary nitrogens is 1. The number of methoxy groups -OCH3 is 2. The van der Waals surface area contributed by atoms with Gasteiger partial charge in [-0.05, 0) is 76.6 Å². The fraction of sp³-hybridized carbons (Fsp3) is 0.462. The van der Waals surface area contributed by atoms with Crippen molar-refractivity contribution in [1.29, 1.82) is 0 Å². The number of nitrogens with two attached hydrogens (primary N) is 1. The maximum absolute atomic E-state index is 12.9. The lowest BCUT2D eigenvalue weighted by Gasteiger charge is -2.31. The zero-order valence-electron chi connectivity index (χ0n) is 43.6. The van der Waals surface area contributed by atoms with Crippen molar-refractivity contribution < 1.29 is 92.9 Å². The minimum atomic E-state index is -0.870. The number of carboxylic acids is 4. The van der Waals surface area contributed by atoms with E-state index in [0.29, 0.717) is 107 Å². The highest BCUT2D eigenvalue weighted by atomic mass is 35.5. The Morgan fingerprint density at radius 2 is 0.882 bits per heavy atom. The predicted octanol–water partition coefficient (Wildman–Crippen LogP) is 5.25. The smallest absolute Gasteiger partial charge is 0.336 e. The van der Waals surface area contributed by atoms with E-state index in [1.54, 1.807) is 76.2 Å². The summed E-state index contributed by atoms with van der Waals surface area (Å²) < 4.78 is 31.7. The van der Waals surface area contributed by atoms with Gasteiger partial charge in [0.2, 0.25) is 0 Å². The van der Waals surface area contributed by atoms with Gasteiger partial charge < -0.3 is 70.9 Å². The second-order valence-electron chi connectivity index (χ2n) is 16.2. The number of hydrogen-bond donors (Lipinski definition) is 8. The number of carbonyl (C=O) groups excluding carboxylic acids is 4. The topological polar surface area (TPSA) is 351 Å². The standard InChI is InChI=1S/2C20H25ClN2O5.2C6H10O4/c2*1-4-28-20(25)18-15(11-27-10-9-22)23-12(2)16(19(24)26-3)17(18)13-7-5-6-8-14(13)21;2*7-5(8)3-1-2-4-6(9)10/h2*5-8,17,23H,4,9-11,22H2,1-3H3;2*1-4H2,(H,7,8)(H,9,10)/p+1/t2*17-;;/m00../s1. The molecular weight excluding hydrogens is 1040 g/mol. The molecule has 0 radical (unpaired) electrons. The molecule has 2 aromatic rings. The van der Waals surface area contributed by atoms with Crippen LogP contribution in [0.15, 0.2) is 93.6 Å². The minimum Gasteiger partial charge on any atom is -0.481 e. The van der Waals surface area contributed by atoms with E-state index >= 15 is 0 Å². The molecule has 0 saturated carbocycles. The summed E-state index contributed by atoms with van der Waals surface area (Å²) in [5, 5.41) is 39.6. The summed E-state index contributed by atoms with van der Waals surface area (Å²) in [4.78, 5) is 90.5. The van der Waals surface area contributed by atoms with E-state index in [1.165, 1.54) is 14.2 Å². The third-order valence-corrected chi connectivity index (χ3v) is 11.3. The molecule has 22 nitrogen and oxygen atoms in total. The first kappa shape index (κ1) is 67.2. The van der Waals surface area contributed by atoms with Crippen molar-refractivity contribution >= 4 is 71.0 Å². The lowest BCUT2D eigenvalue weighted by atomic mass is 9.80. The molecule has 0 aliphatic carbocycles. The van der Waals surface area contributed by atoms with Gasteiger partial charge in [-0.2, -0.15) is 0 Å². The van der Waals surface area contributed by atoms with E-state index < -0.39 is 59.6 Å². The Kier molecular flexibility index (Phi) is 32.7. The van der Waals surface area contributed by atoms with Crippen LogP contribution in [0.3, 0.4) is 0 Å². The molecule has 420 valence electrons. The van der Waals surface area contributed by atoms with Crippen molar-refractivity contribution in [3.63, 3.8) is 0 Å². The zero-order valence-corrected chi connectivity index (χ0v) is 45.1. The molecule has 11 N–H and O–H groups in total. The number of carbonyl (C=O) groups is 8. The van der Waals surface area contributed by atoms with Crippen LogP contribution in [-0.4, -0.2) is 135 Å². The Balaban J connectivity index is 0.000000563. The molecule has 2 aromatic carbocycles. The lowest BCUT2D eigenvalue weighted by Crippen LogP contribution is -2.52. The molecule has 2 heterocycles. The van der Waals surface area contributed by atoms with E-state index in [0.717, 1.165) is 0 Å². The number of hydrogen-bond acceptors (Lipinski definition) is 17.